The van der Waals surface area contributed by atoms with E-state index in [4.69, 9.17) is 5.73 Å². The number of amides is 1. The fraction of sp³-hybridized carbons (Fsp3) is 0.929. The Hall–Kier alpha value is -0.420. The number of rotatable bonds is 5. The van der Waals surface area contributed by atoms with Gasteiger partial charge in [-0.3, -0.25) is 4.79 Å². The van der Waals surface area contributed by atoms with Gasteiger partial charge in [-0.1, -0.05) is 20.3 Å². The maximum absolute atomic E-state index is 12.6. The molecule has 3 atom stereocenters. The summed E-state index contributed by atoms with van der Waals surface area (Å²) in [6, 6.07) is -0.571. The smallest absolute Gasteiger partial charge is 0.239 e. The highest BCUT2D eigenvalue weighted by Gasteiger charge is 2.41. The molecule has 3 unspecified atom stereocenters. The Morgan fingerprint density at radius 1 is 1.24 bits per heavy atom. The molecule has 0 aromatic carbocycles. The van der Waals surface area contributed by atoms with E-state index in [1.165, 1.54) is 4.31 Å². The number of halogens is 1. The van der Waals surface area contributed by atoms with Crippen LogP contribution in [0, 0.1) is 5.92 Å². The quantitative estimate of drug-likeness (QED) is 0.640. The third-order valence-electron chi connectivity index (χ3n) is 5.06. The lowest BCUT2D eigenvalue weighted by Gasteiger charge is -2.36. The van der Waals surface area contributed by atoms with Crippen LogP contribution in [0.2, 0.25) is 0 Å². The average molecular weight is 418 g/mol. The molecule has 2 fully saturated rings. The number of nitrogens with zero attached hydrogens (tertiary/aromatic N) is 2. The number of hydrogen-bond donors (Lipinski definition) is 1. The van der Waals surface area contributed by atoms with E-state index in [2.05, 4.69) is 0 Å². The molecule has 0 saturated carbocycles. The average Bonchev–Trinajstić information content (AvgIpc) is 2.93. The Balaban J connectivity index is 0.00000312. The van der Waals surface area contributed by atoms with Gasteiger partial charge in [-0.05, 0) is 12.3 Å². The van der Waals surface area contributed by atoms with Gasteiger partial charge in [0.05, 0.1) is 22.8 Å². The summed E-state index contributed by atoms with van der Waals surface area (Å²) in [5.74, 6) is -0.445. The van der Waals surface area contributed by atoms with Gasteiger partial charge in [0.2, 0.25) is 15.9 Å². The van der Waals surface area contributed by atoms with Crippen molar-refractivity contribution in [3.8, 4) is 0 Å². The molecule has 11 heteroatoms. The van der Waals surface area contributed by atoms with E-state index in [0.29, 0.717) is 13.1 Å². The van der Waals surface area contributed by atoms with Crippen LogP contribution in [-0.4, -0.2) is 80.9 Å². The topological polar surface area (TPSA) is 118 Å². The number of hydrogen-bond acceptors (Lipinski definition) is 6. The number of carbonyl (C=O) groups is 1. The van der Waals surface area contributed by atoms with Gasteiger partial charge < -0.3 is 10.6 Å². The minimum Gasteiger partial charge on any atom is -0.339 e. The van der Waals surface area contributed by atoms with Crippen molar-refractivity contribution in [2.24, 2.45) is 11.7 Å². The standard InChI is InChI=1S/C14H27N3O5S2.ClH/c1-3-11(2)13(15)14(18)16-5-7-17(8-6-16)24(21,22)12-4-9-23(19,20)10-12;/h11-13H,3-10,15H2,1-2H3;1H. The Bertz CT molecular complexity index is 675. The maximum atomic E-state index is 12.6. The molecule has 2 saturated heterocycles. The van der Waals surface area contributed by atoms with Crippen molar-refractivity contribution in [3.05, 3.63) is 0 Å². The van der Waals surface area contributed by atoms with E-state index in [-0.39, 0.29) is 55.2 Å². The molecule has 8 nitrogen and oxygen atoms in total. The van der Waals surface area contributed by atoms with Crippen molar-refractivity contribution < 1.29 is 21.6 Å². The predicted molar refractivity (Wildman–Crippen MR) is 98.8 cm³/mol. The van der Waals surface area contributed by atoms with Crippen molar-refractivity contribution in [1.82, 2.24) is 9.21 Å². The van der Waals surface area contributed by atoms with Gasteiger partial charge in [-0.2, -0.15) is 4.31 Å². The fourth-order valence-electron chi connectivity index (χ4n) is 3.08. The van der Waals surface area contributed by atoms with Gasteiger partial charge in [-0.25, -0.2) is 16.8 Å². The molecule has 1 amide bonds. The largest absolute Gasteiger partial charge is 0.339 e. The lowest BCUT2D eigenvalue weighted by atomic mass is 9.99. The van der Waals surface area contributed by atoms with Crippen LogP contribution in [-0.2, 0) is 24.7 Å². The Morgan fingerprint density at radius 3 is 2.24 bits per heavy atom. The molecule has 2 heterocycles. The van der Waals surface area contributed by atoms with Crippen LogP contribution in [0.25, 0.3) is 0 Å². The number of sulfone groups is 1. The second kappa shape index (κ2) is 8.51. The van der Waals surface area contributed by atoms with E-state index >= 15 is 0 Å². The molecule has 148 valence electrons. The first-order chi connectivity index (χ1) is 11.1. The summed E-state index contributed by atoms with van der Waals surface area (Å²) in [4.78, 5) is 14.0. The highest BCUT2D eigenvalue weighted by atomic mass is 35.5. The summed E-state index contributed by atoms with van der Waals surface area (Å²) in [6.07, 6.45) is 0.958. The lowest BCUT2D eigenvalue weighted by molar-refractivity contribution is -0.134. The Labute approximate surface area is 156 Å². The van der Waals surface area contributed by atoms with Crippen molar-refractivity contribution in [2.45, 2.75) is 38.0 Å². The normalized spacial score (nSPS) is 26.7. The van der Waals surface area contributed by atoms with E-state index in [1.807, 2.05) is 13.8 Å². The zero-order chi connectivity index (χ0) is 18.1. The summed E-state index contributed by atoms with van der Waals surface area (Å²) in [5.41, 5.74) is 5.96. The number of carbonyl (C=O) groups excluding carboxylic acids is 1. The molecule has 0 aromatic rings. The first kappa shape index (κ1) is 22.6. The summed E-state index contributed by atoms with van der Waals surface area (Å²) in [6.45, 7) is 4.86. The molecule has 2 rings (SSSR count). The van der Waals surface area contributed by atoms with Crippen LogP contribution in [0.15, 0.2) is 0 Å². The second-order valence-electron chi connectivity index (χ2n) is 6.71. The Morgan fingerprint density at radius 2 is 1.80 bits per heavy atom. The van der Waals surface area contributed by atoms with Crippen LogP contribution in [0.5, 0.6) is 0 Å². The predicted octanol–water partition coefficient (Wildman–Crippen LogP) is -0.557. The van der Waals surface area contributed by atoms with Crippen LogP contribution in [0.3, 0.4) is 0 Å². The number of nitrogens with two attached hydrogens (primary N) is 1. The first-order valence-electron chi connectivity index (χ1n) is 8.32. The summed E-state index contributed by atoms with van der Waals surface area (Å²) >= 11 is 0. The highest BCUT2D eigenvalue weighted by molar-refractivity contribution is 7.95. The lowest BCUT2D eigenvalue weighted by Crippen LogP contribution is -2.56. The molecule has 0 bridgehead atoms. The van der Waals surface area contributed by atoms with Crippen molar-refractivity contribution in [2.75, 3.05) is 37.7 Å². The van der Waals surface area contributed by atoms with Gasteiger partial charge in [-0.15, -0.1) is 12.4 Å². The Kier molecular flexibility index (Phi) is 7.70. The van der Waals surface area contributed by atoms with Crippen molar-refractivity contribution in [1.29, 1.82) is 0 Å². The minimum atomic E-state index is -3.64. The summed E-state index contributed by atoms with van der Waals surface area (Å²) < 4.78 is 49.5. The van der Waals surface area contributed by atoms with Gasteiger partial charge in [0.1, 0.15) is 0 Å². The molecule has 0 radical (unpaired) electrons. The van der Waals surface area contributed by atoms with E-state index in [9.17, 15) is 21.6 Å². The van der Waals surface area contributed by atoms with Crippen LogP contribution >= 0.6 is 12.4 Å². The van der Waals surface area contributed by atoms with Gasteiger partial charge >= 0.3 is 0 Å². The number of sulfonamides is 1. The highest BCUT2D eigenvalue weighted by Crippen LogP contribution is 2.23. The van der Waals surface area contributed by atoms with Gasteiger partial charge in [0.15, 0.2) is 9.84 Å². The fourth-order valence-corrected chi connectivity index (χ4v) is 7.59. The third-order valence-corrected chi connectivity index (χ3v) is 9.37. The van der Waals surface area contributed by atoms with Gasteiger partial charge in [0, 0.05) is 26.2 Å². The van der Waals surface area contributed by atoms with Crippen molar-refractivity contribution in [3.63, 3.8) is 0 Å². The monoisotopic (exact) mass is 417 g/mol. The van der Waals surface area contributed by atoms with Crippen LogP contribution in [0.4, 0.5) is 0 Å². The maximum Gasteiger partial charge on any atom is 0.239 e. The zero-order valence-electron chi connectivity index (χ0n) is 14.6. The molecule has 25 heavy (non-hydrogen) atoms. The van der Waals surface area contributed by atoms with E-state index < -0.39 is 31.2 Å². The molecule has 0 spiro atoms. The molecule has 2 aliphatic heterocycles. The van der Waals surface area contributed by atoms with E-state index in [1.54, 1.807) is 4.90 Å². The third kappa shape index (κ3) is 5.06. The van der Waals surface area contributed by atoms with E-state index in [0.717, 1.165) is 6.42 Å². The first-order valence-corrected chi connectivity index (χ1v) is 11.6. The molecule has 0 aliphatic carbocycles. The summed E-state index contributed by atoms with van der Waals surface area (Å²) in [5, 5.41) is -0.855. The SMILES string of the molecule is CCC(C)C(N)C(=O)N1CCN(S(=O)(=O)C2CCS(=O)(=O)C2)CC1.Cl. The number of piperazine rings is 1. The summed E-state index contributed by atoms with van der Waals surface area (Å²) in [7, 11) is -6.89. The molecule has 2 aliphatic rings. The van der Waals surface area contributed by atoms with Gasteiger partial charge in [0.25, 0.3) is 0 Å². The van der Waals surface area contributed by atoms with Crippen molar-refractivity contribution >= 4 is 38.2 Å². The second-order valence-corrected chi connectivity index (χ2v) is 11.1. The minimum absolute atomic E-state index is 0. The molecular formula is C14H28ClN3O5S2. The molecule has 0 aromatic heterocycles. The van der Waals surface area contributed by atoms with Crippen LogP contribution < -0.4 is 5.73 Å². The molecular weight excluding hydrogens is 390 g/mol. The van der Waals surface area contributed by atoms with Crippen LogP contribution in [0.1, 0.15) is 26.7 Å². The molecule has 2 N–H and O–H groups in total. The zero-order valence-corrected chi connectivity index (χ0v) is 17.1.